The minimum atomic E-state index is -0.295. The van der Waals surface area contributed by atoms with E-state index in [-0.39, 0.29) is 17.8 Å². The first-order valence-electron chi connectivity index (χ1n) is 6.48. The first kappa shape index (κ1) is 13.2. The summed E-state index contributed by atoms with van der Waals surface area (Å²) in [5.41, 5.74) is 1.38. The molecule has 2 aromatic rings. The van der Waals surface area contributed by atoms with Crippen LogP contribution in [0, 0.1) is 5.82 Å². The van der Waals surface area contributed by atoms with Gasteiger partial charge in [0.25, 0.3) is 0 Å². The lowest BCUT2D eigenvalue weighted by atomic mass is 10.2. The SMILES string of the molecule is O=C(Nc1nc(-c2cccc(F)c2)cs1)C1CCCN1. The number of nitrogens with one attached hydrogen (secondary N) is 2. The Balaban J connectivity index is 1.72. The quantitative estimate of drug-likeness (QED) is 0.914. The zero-order chi connectivity index (χ0) is 13.9. The van der Waals surface area contributed by atoms with Crippen LogP contribution in [0.4, 0.5) is 9.52 Å². The highest BCUT2D eigenvalue weighted by Crippen LogP contribution is 2.25. The minimum Gasteiger partial charge on any atom is -0.306 e. The minimum absolute atomic E-state index is 0.0531. The molecule has 0 spiro atoms. The number of aromatic nitrogens is 1. The van der Waals surface area contributed by atoms with Crippen LogP contribution in [-0.2, 0) is 4.79 Å². The maximum Gasteiger partial charge on any atom is 0.243 e. The molecule has 1 aromatic heterocycles. The predicted octanol–water partition coefficient (Wildman–Crippen LogP) is 2.64. The lowest BCUT2D eigenvalue weighted by Crippen LogP contribution is -2.35. The van der Waals surface area contributed by atoms with Crippen molar-refractivity contribution in [2.75, 3.05) is 11.9 Å². The molecule has 6 heteroatoms. The Morgan fingerprint density at radius 3 is 3.15 bits per heavy atom. The van der Waals surface area contributed by atoms with Crippen LogP contribution in [0.5, 0.6) is 0 Å². The van der Waals surface area contributed by atoms with E-state index >= 15 is 0 Å². The molecule has 2 N–H and O–H groups in total. The van der Waals surface area contributed by atoms with Gasteiger partial charge < -0.3 is 10.6 Å². The van der Waals surface area contributed by atoms with Gasteiger partial charge >= 0.3 is 0 Å². The van der Waals surface area contributed by atoms with E-state index in [0.717, 1.165) is 19.4 Å². The van der Waals surface area contributed by atoms with Crippen molar-refractivity contribution >= 4 is 22.4 Å². The molecular formula is C14H14FN3OS. The fourth-order valence-electron chi connectivity index (χ4n) is 2.21. The van der Waals surface area contributed by atoms with Crippen LogP contribution in [0.1, 0.15) is 12.8 Å². The van der Waals surface area contributed by atoms with Gasteiger partial charge in [0, 0.05) is 10.9 Å². The number of anilines is 1. The van der Waals surface area contributed by atoms with Crippen molar-refractivity contribution in [3.63, 3.8) is 0 Å². The van der Waals surface area contributed by atoms with Crippen molar-refractivity contribution < 1.29 is 9.18 Å². The van der Waals surface area contributed by atoms with Crippen molar-refractivity contribution in [2.45, 2.75) is 18.9 Å². The maximum absolute atomic E-state index is 13.2. The molecule has 1 amide bonds. The Labute approximate surface area is 120 Å². The summed E-state index contributed by atoms with van der Waals surface area (Å²) in [6, 6.07) is 6.13. The summed E-state index contributed by atoms with van der Waals surface area (Å²) in [4.78, 5) is 16.3. The summed E-state index contributed by atoms with van der Waals surface area (Å²) in [6.45, 7) is 0.879. The predicted molar refractivity (Wildman–Crippen MR) is 77.2 cm³/mol. The number of benzene rings is 1. The van der Waals surface area contributed by atoms with Crippen LogP contribution in [0.2, 0.25) is 0 Å². The van der Waals surface area contributed by atoms with Crippen LogP contribution in [0.25, 0.3) is 11.3 Å². The van der Waals surface area contributed by atoms with Crippen LogP contribution >= 0.6 is 11.3 Å². The largest absolute Gasteiger partial charge is 0.306 e. The first-order valence-corrected chi connectivity index (χ1v) is 7.36. The molecule has 1 aliphatic heterocycles. The van der Waals surface area contributed by atoms with Gasteiger partial charge in [0.15, 0.2) is 5.13 Å². The normalized spacial score (nSPS) is 18.1. The third-order valence-electron chi connectivity index (χ3n) is 3.23. The lowest BCUT2D eigenvalue weighted by Gasteiger charge is -2.08. The van der Waals surface area contributed by atoms with Crippen molar-refractivity contribution in [2.24, 2.45) is 0 Å². The zero-order valence-electron chi connectivity index (χ0n) is 10.7. The lowest BCUT2D eigenvalue weighted by molar-refractivity contribution is -0.117. The Morgan fingerprint density at radius 2 is 2.40 bits per heavy atom. The summed E-state index contributed by atoms with van der Waals surface area (Å²) < 4.78 is 13.2. The second-order valence-corrected chi connectivity index (χ2v) is 5.54. The second kappa shape index (κ2) is 5.68. The summed E-state index contributed by atoms with van der Waals surface area (Å²) in [6.07, 6.45) is 1.87. The fraction of sp³-hybridized carbons (Fsp3) is 0.286. The van der Waals surface area contributed by atoms with Gasteiger partial charge in [0.2, 0.25) is 5.91 Å². The monoisotopic (exact) mass is 291 g/mol. The summed E-state index contributed by atoms with van der Waals surface area (Å²) >= 11 is 1.34. The van der Waals surface area contributed by atoms with E-state index in [1.807, 2.05) is 5.38 Å². The van der Waals surface area contributed by atoms with Gasteiger partial charge in [-0.15, -0.1) is 11.3 Å². The van der Waals surface area contributed by atoms with Crippen LogP contribution in [0.15, 0.2) is 29.6 Å². The molecule has 1 aromatic carbocycles. The highest BCUT2D eigenvalue weighted by atomic mass is 32.1. The number of nitrogens with zero attached hydrogens (tertiary/aromatic N) is 1. The van der Waals surface area contributed by atoms with Gasteiger partial charge in [-0.05, 0) is 31.5 Å². The molecule has 0 radical (unpaired) electrons. The van der Waals surface area contributed by atoms with Gasteiger partial charge in [0.05, 0.1) is 11.7 Å². The standard InChI is InChI=1S/C14H14FN3OS/c15-10-4-1-3-9(7-10)12-8-20-14(17-12)18-13(19)11-5-2-6-16-11/h1,3-4,7-8,11,16H,2,5-6H2,(H,17,18,19). The van der Waals surface area contributed by atoms with Gasteiger partial charge in [-0.2, -0.15) is 0 Å². The van der Waals surface area contributed by atoms with Crippen LogP contribution in [0.3, 0.4) is 0 Å². The van der Waals surface area contributed by atoms with Gasteiger partial charge in [0.1, 0.15) is 5.82 Å². The summed E-state index contributed by atoms with van der Waals surface area (Å²) in [5, 5.41) is 8.30. The molecule has 1 unspecified atom stereocenters. The van der Waals surface area contributed by atoms with Crippen molar-refractivity contribution in [1.82, 2.24) is 10.3 Å². The molecule has 0 saturated carbocycles. The number of amides is 1. The number of hydrogen-bond acceptors (Lipinski definition) is 4. The molecule has 1 atom stereocenters. The molecule has 20 heavy (non-hydrogen) atoms. The molecule has 104 valence electrons. The van der Waals surface area contributed by atoms with Gasteiger partial charge in [-0.1, -0.05) is 12.1 Å². The van der Waals surface area contributed by atoms with E-state index in [9.17, 15) is 9.18 Å². The van der Waals surface area contributed by atoms with E-state index in [2.05, 4.69) is 15.6 Å². The Hall–Kier alpha value is -1.79. The van der Waals surface area contributed by atoms with E-state index in [4.69, 9.17) is 0 Å². The number of hydrogen-bond donors (Lipinski definition) is 2. The van der Waals surface area contributed by atoms with Crippen molar-refractivity contribution in [1.29, 1.82) is 0 Å². The van der Waals surface area contributed by atoms with Crippen molar-refractivity contribution in [3.8, 4) is 11.3 Å². The smallest absolute Gasteiger partial charge is 0.243 e. The molecule has 3 rings (SSSR count). The average Bonchev–Trinajstić information content (AvgIpc) is 3.10. The summed E-state index contributed by atoms with van der Waals surface area (Å²) in [7, 11) is 0. The topological polar surface area (TPSA) is 54.0 Å². The first-order chi connectivity index (χ1) is 9.72. The highest BCUT2D eigenvalue weighted by molar-refractivity contribution is 7.14. The average molecular weight is 291 g/mol. The van der Waals surface area contributed by atoms with E-state index in [0.29, 0.717) is 16.4 Å². The number of carbonyl (C=O) groups is 1. The number of carbonyl (C=O) groups excluding carboxylic acids is 1. The third kappa shape index (κ3) is 2.86. The molecule has 0 aliphatic carbocycles. The van der Waals surface area contributed by atoms with Crippen LogP contribution < -0.4 is 10.6 Å². The zero-order valence-corrected chi connectivity index (χ0v) is 11.5. The Bertz CT molecular complexity index is 622. The molecular weight excluding hydrogens is 277 g/mol. The van der Waals surface area contributed by atoms with E-state index in [1.165, 1.54) is 23.5 Å². The highest BCUT2D eigenvalue weighted by Gasteiger charge is 2.22. The van der Waals surface area contributed by atoms with Crippen LogP contribution in [-0.4, -0.2) is 23.5 Å². The van der Waals surface area contributed by atoms with E-state index in [1.54, 1.807) is 12.1 Å². The molecule has 1 saturated heterocycles. The Morgan fingerprint density at radius 1 is 1.50 bits per heavy atom. The van der Waals surface area contributed by atoms with Crippen molar-refractivity contribution in [3.05, 3.63) is 35.5 Å². The molecule has 4 nitrogen and oxygen atoms in total. The molecule has 1 fully saturated rings. The number of halogens is 1. The third-order valence-corrected chi connectivity index (χ3v) is 3.99. The molecule has 1 aliphatic rings. The molecule has 2 heterocycles. The molecule has 0 bridgehead atoms. The Kier molecular flexibility index (Phi) is 3.75. The maximum atomic E-state index is 13.2. The van der Waals surface area contributed by atoms with Gasteiger partial charge in [-0.25, -0.2) is 9.37 Å². The summed E-state index contributed by atoms with van der Waals surface area (Å²) in [5.74, 6) is -0.348. The number of rotatable bonds is 3. The second-order valence-electron chi connectivity index (χ2n) is 4.69. The van der Waals surface area contributed by atoms with E-state index < -0.39 is 0 Å². The number of thiazole rings is 1. The van der Waals surface area contributed by atoms with Gasteiger partial charge in [-0.3, -0.25) is 4.79 Å². The fourth-order valence-corrected chi connectivity index (χ4v) is 2.94.